The Hall–Kier alpha value is -1.22. The van der Waals surface area contributed by atoms with Crippen molar-refractivity contribution in [1.82, 2.24) is 0 Å². The minimum atomic E-state index is -0.371. The Morgan fingerprint density at radius 1 is 1.46 bits per heavy atom. The van der Waals surface area contributed by atoms with Crippen molar-refractivity contribution in [3.8, 4) is 0 Å². The van der Waals surface area contributed by atoms with Crippen LogP contribution in [0, 0.1) is 5.82 Å². The van der Waals surface area contributed by atoms with Crippen LogP contribution in [-0.2, 0) is 6.42 Å². The highest BCUT2D eigenvalue weighted by Gasteiger charge is 1.94. The van der Waals surface area contributed by atoms with Crippen molar-refractivity contribution in [1.29, 1.82) is 0 Å². The van der Waals surface area contributed by atoms with Gasteiger partial charge in [0.2, 0.25) is 0 Å². The summed E-state index contributed by atoms with van der Waals surface area (Å²) < 4.78 is 25.2. The quantitative estimate of drug-likeness (QED) is 0.763. The van der Waals surface area contributed by atoms with Gasteiger partial charge in [-0.3, -0.25) is 0 Å². The Bertz CT molecular complexity index is 308. The van der Waals surface area contributed by atoms with Gasteiger partial charge in [-0.05, 0) is 30.2 Å². The van der Waals surface area contributed by atoms with Crippen LogP contribution in [0.4, 0.5) is 8.78 Å². The highest BCUT2D eigenvalue weighted by atomic mass is 19.1. The number of allylic oxidation sites excluding steroid dienone is 1. The molecule has 0 fully saturated rings. The first-order chi connectivity index (χ1) is 6.22. The molecule has 0 unspecified atom stereocenters. The summed E-state index contributed by atoms with van der Waals surface area (Å²) in [7, 11) is 0. The molecule has 3 heteroatoms. The van der Waals surface area contributed by atoms with E-state index in [4.69, 9.17) is 5.73 Å². The number of hydrogen-bond acceptors (Lipinski definition) is 1. The number of halogens is 2. The molecule has 70 valence electrons. The molecule has 0 spiro atoms. The third-order valence-corrected chi connectivity index (χ3v) is 1.64. The van der Waals surface area contributed by atoms with Crippen LogP contribution < -0.4 is 5.73 Å². The molecule has 0 radical (unpaired) electrons. The van der Waals surface area contributed by atoms with Gasteiger partial charge in [0.05, 0.1) is 0 Å². The number of nitrogens with two attached hydrogens (primary N) is 1. The van der Waals surface area contributed by atoms with Crippen molar-refractivity contribution in [3.63, 3.8) is 0 Å². The summed E-state index contributed by atoms with van der Waals surface area (Å²) in [4.78, 5) is 0. The molecule has 0 aliphatic heterocycles. The molecule has 1 nitrogen and oxygen atoms in total. The maximum atomic E-state index is 12.6. The minimum Gasteiger partial charge on any atom is -0.325 e. The Morgan fingerprint density at radius 3 is 2.85 bits per heavy atom. The van der Waals surface area contributed by atoms with Crippen LogP contribution in [-0.4, -0.2) is 6.54 Å². The van der Waals surface area contributed by atoms with E-state index in [2.05, 4.69) is 0 Å². The number of hydrogen-bond donors (Lipinski definition) is 1. The zero-order chi connectivity index (χ0) is 9.68. The Labute approximate surface area is 75.9 Å². The molecule has 0 bridgehead atoms. The van der Waals surface area contributed by atoms with Crippen molar-refractivity contribution in [2.75, 3.05) is 6.54 Å². The van der Waals surface area contributed by atoms with Crippen LogP contribution in [0.5, 0.6) is 0 Å². The molecular weight excluding hydrogens is 172 g/mol. The zero-order valence-corrected chi connectivity index (χ0v) is 7.13. The van der Waals surface area contributed by atoms with E-state index in [1.165, 1.54) is 18.2 Å². The maximum absolute atomic E-state index is 12.6. The predicted molar refractivity (Wildman–Crippen MR) is 48.3 cm³/mol. The average molecular weight is 183 g/mol. The Kier molecular flexibility index (Phi) is 3.58. The largest absolute Gasteiger partial charge is 0.325 e. The fourth-order valence-corrected chi connectivity index (χ4v) is 0.976. The molecule has 0 aliphatic carbocycles. The summed E-state index contributed by atoms with van der Waals surface area (Å²) >= 11 is 0. The van der Waals surface area contributed by atoms with Gasteiger partial charge in [0.1, 0.15) is 11.6 Å². The average Bonchev–Trinajstić information content (AvgIpc) is 2.14. The van der Waals surface area contributed by atoms with E-state index in [0.29, 0.717) is 6.42 Å². The predicted octanol–water partition coefficient (Wildman–Crippen LogP) is 2.18. The highest BCUT2D eigenvalue weighted by Crippen LogP contribution is 2.06. The van der Waals surface area contributed by atoms with Gasteiger partial charge in [-0.25, -0.2) is 8.78 Å². The molecule has 1 rings (SSSR count). The van der Waals surface area contributed by atoms with Gasteiger partial charge in [-0.1, -0.05) is 12.1 Å². The Balaban J connectivity index is 2.64. The van der Waals surface area contributed by atoms with Crippen molar-refractivity contribution in [2.24, 2.45) is 5.73 Å². The summed E-state index contributed by atoms with van der Waals surface area (Å²) in [5.41, 5.74) is 5.79. The fourth-order valence-electron chi connectivity index (χ4n) is 0.976. The van der Waals surface area contributed by atoms with Crippen molar-refractivity contribution in [2.45, 2.75) is 6.42 Å². The fraction of sp³-hybridized carbons (Fsp3) is 0.200. The molecule has 1 aromatic rings. The van der Waals surface area contributed by atoms with Gasteiger partial charge < -0.3 is 5.73 Å². The third-order valence-electron chi connectivity index (χ3n) is 1.64. The standard InChI is InChI=1S/C10H11F2N/c11-9-3-1-2-8(6-9)4-5-10(12)7-13/h1-3,5-6H,4,7,13H2. The van der Waals surface area contributed by atoms with Crippen LogP contribution in [0.1, 0.15) is 5.56 Å². The lowest BCUT2D eigenvalue weighted by Crippen LogP contribution is -1.99. The second kappa shape index (κ2) is 4.72. The van der Waals surface area contributed by atoms with Crippen LogP contribution in [0.15, 0.2) is 36.2 Å². The van der Waals surface area contributed by atoms with Gasteiger partial charge in [0.25, 0.3) is 0 Å². The SMILES string of the molecule is NCC(F)=CCc1cccc(F)c1. The van der Waals surface area contributed by atoms with Crippen LogP contribution >= 0.6 is 0 Å². The third kappa shape index (κ3) is 3.34. The van der Waals surface area contributed by atoms with Crippen molar-refractivity contribution < 1.29 is 8.78 Å². The topological polar surface area (TPSA) is 26.0 Å². The highest BCUT2D eigenvalue weighted by molar-refractivity contribution is 5.19. The normalized spacial score (nSPS) is 11.8. The van der Waals surface area contributed by atoms with E-state index >= 15 is 0 Å². The molecule has 13 heavy (non-hydrogen) atoms. The summed E-state index contributed by atoms with van der Waals surface area (Å²) in [6.07, 6.45) is 1.73. The van der Waals surface area contributed by atoms with Crippen molar-refractivity contribution >= 4 is 0 Å². The van der Waals surface area contributed by atoms with Crippen LogP contribution in [0.25, 0.3) is 0 Å². The monoisotopic (exact) mass is 183 g/mol. The van der Waals surface area contributed by atoms with E-state index < -0.39 is 0 Å². The van der Waals surface area contributed by atoms with E-state index in [0.717, 1.165) is 5.56 Å². The molecule has 0 saturated heterocycles. The first-order valence-electron chi connectivity index (χ1n) is 4.01. The van der Waals surface area contributed by atoms with Crippen LogP contribution in [0.2, 0.25) is 0 Å². The second-order valence-electron chi connectivity index (χ2n) is 2.69. The van der Waals surface area contributed by atoms with E-state index in [1.54, 1.807) is 12.1 Å². The van der Waals surface area contributed by atoms with Crippen molar-refractivity contribution in [3.05, 3.63) is 47.5 Å². The summed E-state index contributed by atoms with van der Waals surface area (Å²) in [5.74, 6) is -0.677. The molecule has 0 atom stereocenters. The van der Waals surface area contributed by atoms with Crippen LogP contribution in [0.3, 0.4) is 0 Å². The van der Waals surface area contributed by atoms with Gasteiger partial charge in [-0.15, -0.1) is 0 Å². The molecule has 0 saturated carbocycles. The van der Waals surface area contributed by atoms with Gasteiger partial charge in [0.15, 0.2) is 0 Å². The molecule has 0 aliphatic rings. The maximum Gasteiger partial charge on any atom is 0.123 e. The molecule has 2 N–H and O–H groups in total. The van der Waals surface area contributed by atoms with Gasteiger partial charge >= 0.3 is 0 Å². The Morgan fingerprint density at radius 2 is 2.23 bits per heavy atom. The summed E-state index contributed by atoms with van der Waals surface area (Å²) in [5, 5.41) is 0. The molecule has 1 aromatic carbocycles. The summed E-state index contributed by atoms with van der Waals surface area (Å²) in [6, 6.07) is 6.06. The lowest BCUT2D eigenvalue weighted by Gasteiger charge is -1.96. The second-order valence-corrected chi connectivity index (χ2v) is 2.69. The zero-order valence-electron chi connectivity index (χ0n) is 7.13. The van der Waals surface area contributed by atoms with E-state index in [1.807, 2.05) is 0 Å². The van der Waals surface area contributed by atoms with Gasteiger partial charge in [0, 0.05) is 6.54 Å². The van der Waals surface area contributed by atoms with E-state index in [-0.39, 0.29) is 18.2 Å². The molecular formula is C10H11F2N. The number of benzene rings is 1. The lowest BCUT2D eigenvalue weighted by atomic mass is 10.1. The summed E-state index contributed by atoms with van der Waals surface area (Å²) in [6.45, 7) is -0.102. The number of rotatable bonds is 3. The first-order valence-corrected chi connectivity index (χ1v) is 4.01. The minimum absolute atomic E-state index is 0.102. The first kappa shape index (κ1) is 9.86. The molecule has 0 amide bonds. The molecule has 0 heterocycles. The lowest BCUT2D eigenvalue weighted by molar-refractivity contribution is 0.612. The smallest absolute Gasteiger partial charge is 0.123 e. The van der Waals surface area contributed by atoms with E-state index in [9.17, 15) is 8.78 Å². The molecule has 0 aromatic heterocycles. The van der Waals surface area contributed by atoms with Gasteiger partial charge in [-0.2, -0.15) is 0 Å².